The number of carbonyl (C=O) groups excluding carboxylic acids is 1. The van der Waals surface area contributed by atoms with Crippen LogP contribution >= 0.6 is 0 Å². The van der Waals surface area contributed by atoms with Crippen LogP contribution in [-0.2, 0) is 13.0 Å². The van der Waals surface area contributed by atoms with Crippen molar-refractivity contribution in [2.45, 2.75) is 39.3 Å². The number of rotatable bonds is 7. The van der Waals surface area contributed by atoms with E-state index in [1.165, 1.54) is 0 Å². The summed E-state index contributed by atoms with van der Waals surface area (Å²) in [5.74, 6) is 0.461. The Morgan fingerprint density at radius 1 is 1.22 bits per heavy atom. The second-order valence-corrected chi connectivity index (χ2v) is 6.42. The molecule has 0 spiro atoms. The van der Waals surface area contributed by atoms with Crippen LogP contribution < -0.4 is 5.32 Å². The normalized spacial score (nSPS) is 12.0. The zero-order chi connectivity index (χ0) is 19.2. The minimum atomic E-state index is -0.621. The summed E-state index contributed by atoms with van der Waals surface area (Å²) in [4.78, 5) is 16.8. The number of pyridine rings is 1. The Kier molecular flexibility index (Phi) is 5.98. The highest BCUT2D eigenvalue weighted by atomic mass is 16.5. The van der Waals surface area contributed by atoms with Gasteiger partial charge in [-0.05, 0) is 37.6 Å². The molecule has 3 rings (SSSR count). The van der Waals surface area contributed by atoms with Gasteiger partial charge in [0.25, 0.3) is 5.91 Å². The summed E-state index contributed by atoms with van der Waals surface area (Å²) in [5, 5.41) is 16.5. The van der Waals surface area contributed by atoms with E-state index in [1.54, 1.807) is 25.1 Å². The second kappa shape index (κ2) is 8.60. The van der Waals surface area contributed by atoms with Crippen molar-refractivity contribution in [2.75, 3.05) is 0 Å². The number of hydrogen-bond donors (Lipinski definition) is 2. The number of hydrogen-bond acceptors (Lipinski definition) is 5. The van der Waals surface area contributed by atoms with E-state index in [0.717, 1.165) is 29.8 Å². The summed E-state index contributed by atoms with van der Waals surface area (Å²) >= 11 is 0. The third kappa shape index (κ3) is 4.80. The van der Waals surface area contributed by atoms with Crippen LogP contribution in [0.3, 0.4) is 0 Å². The fourth-order valence-corrected chi connectivity index (χ4v) is 2.72. The van der Waals surface area contributed by atoms with Gasteiger partial charge in [0, 0.05) is 17.2 Å². The maximum Gasteiger partial charge on any atom is 0.251 e. The van der Waals surface area contributed by atoms with Crippen molar-refractivity contribution in [1.29, 1.82) is 0 Å². The highest BCUT2D eigenvalue weighted by Gasteiger charge is 2.10. The highest BCUT2D eigenvalue weighted by Crippen LogP contribution is 2.20. The van der Waals surface area contributed by atoms with Gasteiger partial charge in [0.1, 0.15) is 0 Å². The third-order valence-electron chi connectivity index (χ3n) is 4.18. The standard InChI is InChI=1S/C21H23N3O3/c1-3-5-17-12-18(27-24-17)13-22-21(26)16-10-8-15(9-11-16)20-7-4-6-19(23-20)14(2)25/h4,6-12,14,25H,3,5,13H2,1-2H3,(H,22,26). The zero-order valence-electron chi connectivity index (χ0n) is 15.5. The fraction of sp³-hybridized carbons (Fsp3) is 0.286. The SMILES string of the molecule is CCCc1cc(CNC(=O)c2ccc(-c3cccc(C(C)O)n3)cc2)on1. The van der Waals surface area contributed by atoms with Crippen molar-refractivity contribution < 1.29 is 14.4 Å². The molecule has 1 atom stereocenters. The largest absolute Gasteiger partial charge is 0.387 e. The lowest BCUT2D eigenvalue weighted by atomic mass is 10.1. The van der Waals surface area contributed by atoms with Gasteiger partial charge >= 0.3 is 0 Å². The minimum absolute atomic E-state index is 0.180. The predicted octanol–water partition coefficient (Wildman–Crippen LogP) is 3.67. The number of amides is 1. The number of aromatic nitrogens is 2. The lowest BCUT2D eigenvalue weighted by Gasteiger charge is -2.08. The molecule has 1 aromatic carbocycles. The van der Waals surface area contributed by atoms with Gasteiger partial charge in [0.2, 0.25) is 0 Å². The number of nitrogens with one attached hydrogen (secondary N) is 1. The van der Waals surface area contributed by atoms with Crippen molar-refractivity contribution >= 4 is 5.91 Å². The molecule has 0 aliphatic carbocycles. The molecule has 0 fully saturated rings. The van der Waals surface area contributed by atoms with Crippen LogP contribution in [0.2, 0.25) is 0 Å². The van der Waals surface area contributed by atoms with E-state index in [9.17, 15) is 9.90 Å². The first-order valence-electron chi connectivity index (χ1n) is 9.05. The van der Waals surface area contributed by atoms with Crippen LogP contribution in [0.4, 0.5) is 0 Å². The molecule has 1 unspecified atom stereocenters. The van der Waals surface area contributed by atoms with Crippen LogP contribution in [-0.4, -0.2) is 21.2 Å². The number of aryl methyl sites for hydroxylation is 1. The van der Waals surface area contributed by atoms with E-state index in [0.29, 0.717) is 23.6 Å². The van der Waals surface area contributed by atoms with Crippen LogP contribution in [0.15, 0.2) is 53.1 Å². The maximum atomic E-state index is 12.3. The van der Waals surface area contributed by atoms with Gasteiger partial charge in [-0.15, -0.1) is 0 Å². The first-order valence-corrected chi connectivity index (χ1v) is 9.05. The molecular formula is C21H23N3O3. The first-order chi connectivity index (χ1) is 13.1. The molecule has 0 saturated heterocycles. The molecule has 0 aliphatic rings. The van der Waals surface area contributed by atoms with E-state index in [-0.39, 0.29) is 5.91 Å². The van der Waals surface area contributed by atoms with Gasteiger partial charge in [-0.25, -0.2) is 0 Å². The summed E-state index contributed by atoms with van der Waals surface area (Å²) in [6, 6.07) is 14.6. The van der Waals surface area contributed by atoms with Gasteiger partial charge in [-0.3, -0.25) is 9.78 Å². The van der Waals surface area contributed by atoms with Crippen LogP contribution in [0.25, 0.3) is 11.3 Å². The molecular weight excluding hydrogens is 342 g/mol. The third-order valence-corrected chi connectivity index (χ3v) is 4.18. The van der Waals surface area contributed by atoms with Crippen molar-refractivity contribution in [2.24, 2.45) is 0 Å². The Labute approximate surface area is 158 Å². The Bertz CT molecular complexity index is 901. The molecule has 3 aromatic rings. The lowest BCUT2D eigenvalue weighted by Crippen LogP contribution is -2.22. The van der Waals surface area contributed by atoms with E-state index in [4.69, 9.17) is 4.52 Å². The van der Waals surface area contributed by atoms with Crippen molar-refractivity contribution in [3.8, 4) is 11.3 Å². The van der Waals surface area contributed by atoms with E-state index < -0.39 is 6.10 Å². The first kappa shape index (κ1) is 18.8. The summed E-state index contributed by atoms with van der Waals surface area (Å²) in [6.07, 6.45) is 1.24. The molecule has 6 heteroatoms. The number of aliphatic hydroxyl groups is 1. The monoisotopic (exact) mass is 365 g/mol. The van der Waals surface area contributed by atoms with Crippen LogP contribution in [0, 0.1) is 0 Å². The smallest absolute Gasteiger partial charge is 0.251 e. The van der Waals surface area contributed by atoms with Crippen LogP contribution in [0.1, 0.15) is 53.9 Å². The van der Waals surface area contributed by atoms with Gasteiger partial charge in [-0.1, -0.05) is 36.7 Å². The number of benzene rings is 1. The van der Waals surface area contributed by atoms with E-state index in [2.05, 4.69) is 22.4 Å². The Balaban J connectivity index is 1.64. The summed E-state index contributed by atoms with van der Waals surface area (Å²) in [7, 11) is 0. The topological polar surface area (TPSA) is 88.2 Å². The Morgan fingerprint density at radius 2 is 2.00 bits per heavy atom. The summed E-state index contributed by atoms with van der Waals surface area (Å²) < 4.78 is 5.22. The predicted molar refractivity (Wildman–Crippen MR) is 102 cm³/mol. The van der Waals surface area contributed by atoms with Gasteiger partial charge < -0.3 is 14.9 Å². The summed E-state index contributed by atoms with van der Waals surface area (Å²) in [6.45, 7) is 4.06. The lowest BCUT2D eigenvalue weighted by molar-refractivity contribution is 0.0947. The van der Waals surface area contributed by atoms with E-state index in [1.807, 2.05) is 30.3 Å². The van der Waals surface area contributed by atoms with Gasteiger partial charge in [0.05, 0.1) is 29.7 Å². The Hall–Kier alpha value is -2.99. The molecule has 27 heavy (non-hydrogen) atoms. The quantitative estimate of drug-likeness (QED) is 0.667. The highest BCUT2D eigenvalue weighted by molar-refractivity contribution is 5.94. The molecule has 0 saturated carbocycles. The van der Waals surface area contributed by atoms with Crippen molar-refractivity contribution in [3.05, 3.63) is 71.2 Å². The Morgan fingerprint density at radius 3 is 2.70 bits per heavy atom. The van der Waals surface area contributed by atoms with Gasteiger partial charge in [0.15, 0.2) is 5.76 Å². The molecule has 1 amide bonds. The minimum Gasteiger partial charge on any atom is -0.387 e. The average Bonchev–Trinajstić information content (AvgIpc) is 3.14. The number of nitrogens with zero attached hydrogens (tertiary/aromatic N) is 2. The molecule has 0 bridgehead atoms. The second-order valence-electron chi connectivity index (χ2n) is 6.42. The van der Waals surface area contributed by atoms with E-state index >= 15 is 0 Å². The number of aliphatic hydroxyl groups excluding tert-OH is 1. The van der Waals surface area contributed by atoms with Crippen molar-refractivity contribution in [3.63, 3.8) is 0 Å². The number of carbonyl (C=O) groups is 1. The van der Waals surface area contributed by atoms with Crippen LogP contribution in [0.5, 0.6) is 0 Å². The molecule has 2 heterocycles. The molecule has 0 radical (unpaired) electrons. The van der Waals surface area contributed by atoms with Crippen molar-refractivity contribution in [1.82, 2.24) is 15.5 Å². The molecule has 0 aliphatic heterocycles. The zero-order valence-corrected chi connectivity index (χ0v) is 15.5. The molecule has 2 N–H and O–H groups in total. The van der Waals surface area contributed by atoms with Gasteiger partial charge in [-0.2, -0.15) is 0 Å². The summed E-state index contributed by atoms with van der Waals surface area (Å²) in [5.41, 5.74) is 3.71. The fourth-order valence-electron chi connectivity index (χ4n) is 2.72. The molecule has 6 nitrogen and oxygen atoms in total. The molecule has 2 aromatic heterocycles. The molecule has 140 valence electrons. The average molecular weight is 365 g/mol. The maximum absolute atomic E-state index is 12.3.